The summed E-state index contributed by atoms with van der Waals surface area (Å²) in [6.07, 6.45) is 1.76. The molecule has 168 valence electrons. The van der Waals surface area contributed by atoms with E-state index in [1.54, 1.807) is 6.08 Å². The van der Waals surface area contributed by atoms with Crippen LogP contribution in [0.1, 0.15) is 22.3 Å². The number of rotatable bonds is 6. The largest absolute Gasteiger partial charge is 0.489 e. The lowest BCUT2D eigenvalue weighted by Crippen LogP contribution is -2.27. The molecule has 34 heavy (non-hydrogen) atoms. The van der Waals surface area contributed by atoms with E-state index in [0.29, 0.717) is 11.5 Å². The Morgan fingerprint density at radius 3 is 2.29 bits per heavy atom. The molecule has 0 spiro atoms. The maximum Gasteiger partial charge on any atom is 0.293 e. The molecule has 0 bridgehead atoms. The number of hydrogen-bond acceptors (Lipinski definition) is 4. The van der Waals surface area contributed by atoms with Crippen LogP contribution in [0.3, 0.4) is 0 Å². The van der Waals surface area contributed by atoms with Gasteiger partial charge in [0.1, 0.15) is 12.4 Å². The van der Waals surface area contributed by atoms with Crippen LogP contribution in [-0.2, 0) is 17.9 Å². The van der Waals surface area contributed by atoms with Crippen LogP contribution in [0.25, 0.3) is 16.8 Å². The van der Waals surface area contributed by atoms with E-state index in [2.05, 4.69) is 30.3 Å². The number of benzene rings is 4. The molecule has 0 aromatic heterocycles. The fourth-order valence-electron chi connectivity index (χ4n) is 3.82. The summed E-state index contributed by atoms with van der Waals surface area (Å²) in [6, 6.07) is 29.9. The van der Waals surface area contributed by atoms with Crippen molar-refractivity contribution >= 4 is 39.8 Å². The summed E-state index contributed by atoms with van der Waals surface area (Å²) >= 11 is 0.979. The lowest BCUT2D eigenvalue weighted by atomic mass is 10.1. The summed E-state index contributed by atoms with van der Waals surface area (Å²) in [4.78, 5) is 26.9. The van der Waals surface area contributed by atoms with Crippen molar-refractivity contribution in [1.29, 1.82) is 0 Å². The van der Waals surface area contributed by atoms with E-state index in [-0.39, 0.29) is 17.7 Å². The molecule has 0 atom stereocenters. The lowest BCUT2D eigenvalue weighted by Gasteiger charge is -2.12. The Labute approximate surface area is 202 Å². The molecule has 0 saturated carbocycles. The zero-order chi connectivity index (χ0) is 23.5. The van der Waals surface area contributed by atoms with E-state index in [4.69, 9.17) is 4.74 Å². The minimum atomic E-state index is -0.257. The van der Waals surface area contributed by atoms with Crippen LogP contribution in [0.2, 0.25) is 0 Å². The number of ether oxygens (including phenoxy) is 1. The zero-order valence-corrected chi connectivity index (χ0v) is 19.5. The topological polar surface area (TPSA) is 46.6 Å². The average Bonchev–Trinajstić information content (AvgIpc) is 3.12. The van der Waals surface area contributed by atoms with Crippen molar-refractivity contribution in [3.8, 4) is 5.75 Å². The number of amides is 2. The first-order chi connectivity index (χ1) is 16.5. The molecule has 0 radical (unpaired) electrons. The van der Waals surface area contributed by atoms with Gasteiger partial charge in [0.15, 0.2) is 0 Å². The van der Waals surface area contributed by atoms with E-state index in [1.807, 2.05) is 67.6 Å². The summed E-state index contributed by atoms with van der Waals surface area (Å²) in [5.74, 6) is 0.491. The highest BCUT2D eigenvalue weighted by Crippen LogP contribution is 2.33. The molecule has 5 rings (SSSR count). The van der Waals surface area contributed by atoms with Crippen LogP contribution < -0.4 is 4.74 Å². The van der Waals surface area contributed by atoms with Crippen molar-refractivity contribution in [1.82, 2.24) is 4.90 Å². The second kappa shape index (κ2) is 9.57. The number of hydrogen-bond donors (Lipinski definition) is 0. The van der Waals surface area contributed by atoms with E-state index < -0.39 is 0 Å². The molecule has 0 N–H and O–H groups in total. The Morgan fingerprint density at radius 2 is 1.53 bits per heavy atom. The van der Waals surface area contributed by atoms with E-state index in [1.165, 1.54) is 15.7 Å². The molecule has 1 aliphatic heterocycles. The van der Waals surface area contributed by atoms with Crippen molar-refractivity contribution in [2.45, 2.75) is 20.1 Å². The third-order valence-corrected chi connectivity index (χ3v) is 6.64. The minimum absolute atomic E-state index is 0.243. The second-order valence-electron chi connectivity index (χ2n) is 8.29. The van der Waals surface area contributed by atoms with Crippen LogP contribution in [0.5, 0.6) is 5.75 Å². The molecule has 0 unspecified atom stereocenters. The van der Waals surface area contributed by atoms with Gasteiger partial charge in [-0.25, -0.2) is 0 Å². The molecular weight excluding hydrogens is 442 g/mol. The van der Waals surface area contributed by atoms with Gasteiger partial charge < -0.3 is 4.74 Å². The van der Waals surface area contributed by atoms with Crippen LogP contribution in [0.15, 0.2) is 95.9 Å². The smallest absolute Gasteiger partial charge is 0.293 e. The quantitative estimate of drug-likeness (QED) is 0.289. The molecule has 1 aliphatic rings. The summed E-state index contributed by atoms with van der Waals surface area (Å²) in [5.41, 5.74) is 4.02. The van der Waals surface area contributed by atoms with E-state index in [9.17, 15) is 9.59 Å². The second-order valence-corrected chi connectivity index (χ2v) is 9.29. The molecule has 1 heterocycles. The van der Waals surface area contributed by atoms with Gasteiger partial charge in [0.05, 0.1) is 11.4 Å². The van der Waals surface area contributed by atoms with Gasteiger partial charge in [-0.3, -0.25) is 14.5 Å². The average molecular weight is 466 g/mol. The summed E-state index contributed by atoms with van der Waals surface area (Å²) in [6.45, 7) is 2.76. The van der Waals surface area contributed by atoms with Gasteiger partial charge in [-0.05, 0) is 70.4 Å². The highest BCUT2D eigenvalue weighted by molar-refractivity contribution is 8.18. The predicted molar refractivity (Wildman–Crippen MR) is 137 cm³/mol. The highest BCUT2D eigenvalue weighted by atomic mass is 32.2. The highest BCUT2D eigenvalue weighted by Gasteiger charge is 2.34. The third-order valence-electron chi connectivity index (χ3n) is 5.73. The number of thioether (sulfide) groups is 1. The minimum Gasteiger partial charge on any atom is -0.489 e. The van der Waals surface area contributed by atoms with E-state index >= 15 is 0 Å². The van der Waals surface area contributed by atoms with Crippen molar-refractivity contribution in [3.05, 3.63) is 118 Å². The van der Waals surface area contributed by atoms with Crippen molar-refractivity contribution in [2.75, 3.05) is 0 Å². The number of nitrogens with zero attached hydrogens (tertiary/aromatic N) is 1. The van der Waals surface area contributed by atoms with Crippen molar-refractivity contribution in [3.63, 3.8) is 0 Å². The molecule has 5 heteroatoms. The summed E-state index contributed by atoms with van der Waals surface area (Å²) in [7, 11) is 0. The SMILES string of the molecule is Cc1ccc(CN2C(=O)S/C(=C\c3ccc(OCc4ccc5ccccc5c4)cc3)C2=O)cc1. The number of fused-ring (bicyclic) bond motifs is 1. The summed E-state index contributed by atoms with van der Waals surface area (Å²) in [5, 5.41) is 2.15. The fraction of sp³-hybridized carbons (Fsp3) is 0.103. The standard InChI is InChI=1S/C29H23NO3S/c1-20-6-8-22(9-7-20)18-30-28(31)27(34-29(30)32)17-21-11-14-26(15-12-21)33-19-23-10-13-24-4-2-3-5-25(24)16-23/h2-17H,18-19H2,1H3/b27-17-. The normalized spacial score (nSPS) is 14.9. The fourth-order valence-corrected chi connectivity index (χ4v) is 4.66. The van der Waals surface area contributed by atoms with Crippen LogP contribution >= 0.6 is 11.8 Å². The first kappa shape index (κ1) is 22.0. The Kier molecular flexibility index (Phi) is 6.19. The molecule has 1 saturated heterocycles. The maximum atomic E-state index is 12.8. The Morgan fingerprint density at radius 1 is 0.824 bits per heavy atom. The molecule has 0 aliphatic carbocycles. The Hall–Kier alpha value is -3.83. The van der Waals surface area contributed by atoms with Gasteiger partial charge >= 0.3 is 0 Å². The number of imide groups is 1. The molecular formula is C29H23NO3S. The van der Waals surface area contributed by atoms with Crippen molar-refractivity contribution < 1.29 is 14.3 Å². The van der Waals surface area contributed by atoms with Crippen LogP contribution in [0, 0.1) is 6.92 Å². The zero-order valence-electron chi connectivity index (χ0n) is 18.7. The summed E-state index contributed by atoms with van der Waals surface area (Å²) < 4.78 is 5.94. The van der Waals surface area contributed by atoms with Gasteiger partial charge in [-0.2, -0.15) is 0 Å². The number of aryl methyl sites for hydroxylation is 1. The van der Waals surface area contributed by atoms with Gasteiger partial charge in [-0.1, -0.05) is 78.4 Å². The first-order valence-electron chi connectivity index (χ1n) is 11.1. The number of carbonyl (C=O) groups excluding carboxylic acids is 2. The Bertz CT molecular complexity index is 1390. The Balaban J connectivity index is 1.23. The molecule has 4 aromatic carbocycles. The predicted octanol–water partition coefficient (Wildman–Crippen LogP) is 6.96. The van der Waals surface area contributed by atoms with Crippen LogP contribution in [0.4, 0.5) is 4.79 Å². The van der Waals surface area contributed by atoms with Gasteiger partial charge in [-0.15, -0.1) is 0 Å². The lowest BCUT2D eigenvalue weighted by molar-refractivity contribution is -0.123. The molecule has 1 fully saturated rings. The van der Waals surface area contributed by atoms with Gasteiger partial charge in [0.2, 0.25) is 0 Å². The maximum absolute atomic E-state index is 12.8. The van der Waals surface area contributed by atoms with E-state index in [0.717, 1.165) is 39.8 Å². The van der Waals surface area contributed by atoms with Crippen LogP contribution in [-0.4, -0.2) is 16.0 Å². The third kappa shape index (κ3) is 4.90. The van der Waals surface area contributed by atoms with Crippen molar-refractivity contribution in [2.24, 2.45) is 0 Å². The molecule has 2 amide bonds. The number of carbonyl (C=O) groups is 2. The monoisotopic (exact) mass is 465 g/mol. The van der Waals surface area contributed by atoms with Gasteiger partial charge in [0, 0.05) is 0 Å². The molecule has 4 nitrogen and oxygen atoms in total. The first-order valence-corrected chi connectivity index (χ1v) is 11.9. The molecule has 4 aromatic rings. The van der Waals surface area contributed by atoms with Gasteiger partial charge in [0.25, 0.3) is 11.1 Å².